The van der Waals surface area contributed by atoms with Crippen molar-refractivity contribution in [2.45, 2.75) is 39.7 Å². The van der Waals surface area contributed by atoms with E-state index in [1.165, 1.54) is 12.1 Å². The topological polar surface area (TPSA) is 164 Å². The number of carboxylic acid groups (broad SMARTS) is 1. The highest BCUT2D eigenvalue weighted by atomic mass is 32.1. The molecule has 0 unspecified atom stereocenters. The lowest BCUT2D eigenvalue weighted by molar-refractivity contribution is 0.0691. The molecule has 3 heterocycles. The Kier molecular flexibility index (Phi) is 8.17. The van der Waals surface area contributed by atoms with E-state index < -0.39 is 17.8 Å². The summed E-state index contributed by atoms with van der Waals surface area (Å²) in [7, 11) is 0. The summed E-state index contributed by atoms with van der Waals surface area (Å²) < 4.78 is 6.12. The molecule has 1 fully saturated rings. The number of aliphatic hydroxyl groups is 1. The van der Waals surface area contributed by atoms with E-state index in [2.05, 4.69) is 15.6 Å². The lowest BCUT2D eigenvalue weighted by Gasteiger charge is -2.19. The molecule has 1 aliphatic carbocycles. The molecular formula is C34H34N4O6S. The first kappa shape index (κ1) is 30.4. The number of nitrogens with one attached hydrogen (secondary N) is 2. The maximum absolute atomic E-state index is 14.1. The van der Waals surface area contributed by atoms with Crippen LogP contribution in [0.25, 0.3) is 21.6 Å². The lowest BCUT2D eigenvalue weighted by Crippen LogP contribution is -2.32. The van der Waals surface area contributed by atoms with E-state index in [9.17, 15) is 24.6 Å². The van der Waals surface area contributed by atoms with Crippen LogP contribution in [0.15, 0.2) is 47.8 Å². The molecule has 2 aromatic heterocycles. The van der Waals surface area contributed by atoms with Crippen LogP contribution < -0.4 is 21.1 Å². The zero-order chi connectivity index (χ0) is 31.9. The number of carboxylic acids is 1. The van der Waals surface area contributed by atoms with Gasteiger partial charge in [-0.2, -0.15) is 0 Å². The number of aliphatic hydroxyl groups excluding tert-OH is 1. The molecule has 0 radical (unpaired) electrons. The van der Waals surface area contributed by atoms with E-state index in [-0.39, 0.29) is 41.1 Å². The quantitative estimate of drug-likeness (QED) is 0.174. The molecule has 0 saturated heterocycles. The Hall–Kier alpha value is -4.58. The number of carbonyl (C=O) groups is 3. The van der Waals surface area contributed by atoms with Crippen molar-refractivity contribution in [2.24, 2.45) is 11.1 Å². The number of rotatable bonds is 9. The minimum atomic E-state index is -1.35. The second-order valence-electron chi connectivity index (χ2n) is 11.8. The molecule has 0 atom stereocenters. The molecule has 0 spiro atoms. The van der Waals surface area contributed by atoms with Gasteiger partial charge in [-0.1, -0.05) is 12.1 Å². The maximum Gasteiger partial charge on any atom is 0.355 e. The van der Waals surface area contributed by atoms with Gasteiger partial charge in [-0.25, -0.2) is 9.78 Å². The van der Waals surface area contributed by atoms with Crippen LogP contribution in [0.3, 0.4) is 0 Å². The number of aromatic carboxylic acids is 1. The molecule has 45 heavy (non-hydrogen) atoms. The summed E-state index contributed by atoms with van der Waals surface area (Å²) in [5, 5.41) is 27.6. The molecule has 1 saturated carbocycles. The molecule has 2 aromatic carbocycles. The van der Waals surface area contributed by atoms with Gasteiger partial charge in [0.25, 0.3) is 11.8 Å². The molecule has 1 aliphatic heterocycles. The summed E-state index contributed by atoms with van der Waals surface area (Å²) in [4.78, 5) is 44.8. The van der Waals surface area contributed by atoms with Crippen LogP contribution in [0.2, 0.25) is 0 Å². The molecule has 10 nitrogen and oxygen atoms in total. The Morgan fingerprint density at radius 3 is 2.44 bits per heavy atom. The van der Waals surface area contributed by atoms with Crippen molar-refractivity contribution < 1.29 is 29.3 Å². The number of nitrogens with zero attached hydrogens (tertiary/aromatic N) is 1. The highest BCUT2D eigenvalue weighted by molar-refractivity contribution is 7.13. The summed E-state index contributed by atoms with van der Waals surface area (Å²) >= 11 is 1.55. The summed E-state index contributed by atoms with van der Waals surface area (Å²) in [6, 6.07) is 12.3. The van der Waals surface area contributed by atoms with Crippen molar-refractivity contribution in [1.29, 1.82) is 0 Å². The lowest BCUT2D eigenvalue weighted by atomic mass is 9.93. The number of thiophene rings is 1. The van der Waals surface area contributed by atoms with Crippen LogP contribution >= 0.6 is 11.3 Å². The Bertz CT molecular complexity index is 1820. The third-order valence-corrected chi connectivity index (χ3v) is 9.58. The Labute approximate surface area is 264 Å². The fourth-order valence-corrected chi connectivity index (χ4v) is 6.74. The number of benzene rings is 2. The van der Waals surface area contributed by atoms with E-state index >= 15 is 0 Å². The number of pyridine rings is 1. The van der Waals surface area contributed by atoms with Gasteiger partial charge in [0.1, 0.15) is 11.4 Å². The van der Waals surface area contributed by atoms with Crippen LogP contribution in [0.1, 0.15) is 66.4 Å². The van der Waals surface area contributed by atoms with Gasteiger partial charge in [0.2, 0.25) is 0 Å². The van der Waals surface area contributed by atoms with Crippen LogP contribution in [0.4, 0.5) is 5.69 Å². The van der Waals surface area contributed by atoms with Crippen molar-refractivity contribution in [3.63, 3.8) is 0 Å². The molecule has 232 valence electrons. The average molecular weight is 627 g/mol. The van der Waals surface area contributed by atoms with E-state index in [4.69, 9.17) is 10.5 Å². The van der Waals surface area contributed by atoms with Gasteiger partial charge in [0.15, 0.2) is 5.69 Å². The van der Waals surface area contributed by atoms with Crippen molar-refractivity contribution >= 4 is 34.8 Å². The fourth-order valence-electron chi connectivity index (χ4n) is 5.77. The predicted octanol–water partition coefficient (Wildman–Crippen LogP) is 4.94. The summed E-state index contributed by atoms with van der Waals surface area (Å²) in [5.74, 6) is -1.79. The van der Waals surface area contributed by atoms with Gasteiger partial charge in [0, 0.05) is 57.7 Å². The molecule has 2 amide bonds. The Morgan fingerprint density at radius 2 is 1.78 bits per heavy atom. The second kappa shape index (κ2) is 12.1. The van der Waals surface area contributed by atoms with Gasteiger partial charge in [-0.3, -0.25) is 9.59 Å². The van der Waals surface area contributed by atoms with Crippen molar-refractivity contribution in [3.8, 4) is 27.3 Å². The third-order valence-electron chi connectivity index (χ3n) is 8.59. The number of hydrogen-bond acceptors (Lipinski definition) is 8. The molecule has 11 heteroatoms. The summed E-state index contributed by atoms with van der Waals surface area (Å²) in [6.07, 6.45) is 2.31. The van der Waals surface area contributed by atoms with Crippen molar-refractivity contribution in [1.82, 2.24) is 10.3 Å². The standard InChI is InChI=1S/C34H34N4O6S/c1-18-11-20(15-35)12-19(2)28(18)38-31(40)24-13-25-27(44-9-5-21-6-10-45-30(21)25)14-23(24)22-3-4-26(37-29(22)33(42)43)32(41)36-16-34(17-39)7-8-34/h3-4,6,10-14,39H,5,7-9,15-17,35H2,1-2H3,(H,36,41)(H,38,40)(H,42,43). The highest BCUT2D eigenvalue weighted by Gasteiger charge is 2.42. The number of amides is 2. The highest BCUT2D eigenvalue weighted by Crippen LogP contribution is 2.45. The summed E-state index contributed by atoms with van der Waals surface area (Å²) in [5.41, 5.74) is 11.0. The third kappa shape index (κ3) is 5.94. The average Bonchev–Trinajstić information content (AvgIpc) is 3.72. The van der Waals surface area contributed by atoms with Gasteiger partial charge in [0.05, 0.1) is 13.2 Å². The molecule has 6 N–H and O–H groups in total. The van der Waals surface area contributed by atoms with E-state index in [0.29, 0.717) is 36.6 Å². The Morgan fingerprint density at radius 1 is 1.02 bits per heavy atom. The largest absolute Gasteiger partial charge is 0.493 e. The van der Waals surface area contributed by atoms with E-state index in [0.717, 1.165) is 45.5 Å². The normalized spacial score (nSPS) is 14.4. The monoisotopic (exact) mass is 626 g/mol. The second-order valence-corrected chi connectivity index (χ2v) is 12.7. The molecule has 4 aromatic rings. The van der Waals surface area contributed by atoms with E-state index in [1.54, 1.807) is 23.5 Å². The van der Waals surface area contributed by atoms with Crippen molar-refractivity contribution in [3.05, 3.63) is 87.0 Å². The number of aromatic nitrogens is 1. The first-order chi connectivity index (χ1) is 21.6. The zero-order valence-corrected chi connectivity index (χ0v) is 25.8. The molecular weight excluding hydrogens is 592 g/mol. The first-order valence-electron chi connectivity index (χ1n) is 14.8. The molecule has 0 bridgehead atoms. The Balaban J connectivity index is 1.45. The zero-order valence-electron chi connectivity index (χ0n) is 25.0. The SMILES string of the molecule is Cc1cc(CN)cc(C)c1NC(=O)c1cc2c(cc1-c1ccc(C(=O)NCC3(CO)CC3)nc1C(=O)O)OCCc1ccsc1-2. The van der Waals surface area contributed by atoms with Crippen LogP contribution in [-0.2, 0) is 13.0 Å². The number of ether oxygens (including phenoxy) is 1. The van der Waals surface area contributed by atoms with Gasteiger partial charge >= 0.3 is 5.97 Å². The van der Waals surface area contributed by atoms with Crippen LogP contribution in [0.5, 0.6) is 5.75 Å². The number of nitrogens with two attached hydrogens (primary N) is 1. The number of anilines is 1. The van der Waals surface area contributed by atoms with Gasteiger partial charge in [-0.05, 0) is 84.7 Å². The maximum atomic E-state index is 14.1. The predicted molar refractivity (Wildman–Crippen MR) is 172 cm³/mol. The van der Waals surface area contributed by atoms with E-state index in [1.807, 2.05) is 37.4 Å². The van der Waals surface area contributed by atoms with Crippen LogP contribution in [0, 0.1) is 19.3 Å². The number of aryl methyl sites for hydroxylation is 2. The van der Waals surface area contributed by atoms with Gasteiger partial charge in [-0.15, -0.1) is 11.3 Å². The van der Waals surface area contributed by atoms with Gasteiger partial charge < -0.3 is 31.3 Å². The summed E-state index contributed by atoms with van der Waals surface area (Å²) in [6.45, 7) is 4.83. The first-order valence-corrected chi connectivity index (χ1v) is 15.6. The van der Waals surface area contributed by atoms with Crippen LogP contribution in [-0.4, -0.2) is 52.7 Å². The minimum Gasteiger partial charge on any atom is -0.493 e. The number of hydrogen-bond donors (Lipinski definition) is 5. The van der Waals surface area contributed by atoms with Crippen molar-refractivity contribution in [2.75, 3.05) is 25.1 Å². The number of carbonyl (C=O) groups excluding carboxylic acids is 2. The smallest absolute Gasteiger partial charge is 0.355 e. The molecule has 6 rings (SSSR count). The minimum absolute atomic E-state index is 0.0333. The molecule has 2 aliphatic rings. The number of fused-ring (bicyclic) bond motifs is 3. The fraction of sp³-hybridized carbons (Fsp3) is 0.294.